The molecule has 1 saturated carbocycles. The molecule has 2 aromatic heterocycles. The van der Waals surface area contributed by atoms with Crippen molar-refractivity contribution in [2.24, 2.45) is 0 Å². The first-order valence-corrected chi connectivity index (χ1v) is 9.65. The standard InChI is InChI=1S/C20H23N5O4/c26-19(22-11-14-28-16-5-2-1-3-6-16)21-10-12-24-20(27)25(15-8-9-15)18(23-24)17-7-4-13-29-17/h1-7,13,15H,8-12,14H2,(H2,21,22,26). The number of ether oxygens (including phenoxy) is 1. The molecular formula is C20H23N5O4. The Morgan fingerprint density at radius 3 is 2.66 bits per heavy atom. The lowest BCUT2D eigenvalue weighted by Crippen LogP contribution is -2.40. The van der Waals surface area contributed by atoms with E-state index in [1.807, 2.05) is 30.3 Å². The molecule has 29 heavy (non-hydrogen) atoms. The number of amides is 2. The largest absolute Gasteiger partial charge is 0.492 e. The second kappa shape index (κ2) is 8.68. The lowest BCUT2D eigenvalue weighted by Gasteiger charge is -2.08. The highest BCUT2D eigenvalue weighted by Gasteiger charge is 2.31. The molecule has 0 spiro atoms. The molecular weight excluding hydrogens is 374 g/mol. The van der Waals surface area contributed by atoms with E-state index in [9.17, 15) is 9.59 Å². The molecule has 1 fully saturated rings. The number of aromatic nitrogens is 3. The van der Waals surface area contributed by atoms with Gasteiger partial charge in [-0.25, -0.2) is 14.3 Å². The van der Waals surface area contributed by atoms with Gasteiger partial charge in [-0.3, -0.25) is 4.57 Å². The third kappa shape index (κ3) is 4.68. The molecule has 2 heterocycles. The molecule has 9 heteroatoms. The fraction of sp³-hybridized carbons (Fsp3) is 0.350. The zero-order chi connectivity index (χ0) is 20.1. The number of rotatable bonds is 9. The van der Waals surface area contributed by atoms with Crippen LogP contribution in [0.2, 0.25) is 0 Å². The van der Waals surface area contributed by atoms with E-state index in [1.54, 1.807) is 23.0 Å². The van der Waals surface area contributed by atoms with Crippen molar-refractivity contribution in [1.29, 1.82) is 0 Å². The summed E-state index contributed by atoms with van der Waals surface area (Å²) in [7, 11) is 0. The lowest BCUT2D eigenvalue weighted by molar-refractivity contribution is 0.236. The Morgan fingerprint density at radius 1 is 1.14 bits per heavy atom. The molecule has 152 valence electrons. The average Bonchev–Trinajstić information content (AvgIpc) is 3.31. The number of furan rings is 1. The Morgan fingerprint density at radius 2 is 1.93 bits per heavy atom. The van der Waals surface area contributed by atoms with Gasteiger partial charge in [0.1, 0.15) is 12.4 Å². The van der Waals surface area contributed by atoms with E-state index in [4.69, 9.17) is 9.15 Å². The monoisotopic (exact) mass is 397 g/mol. The van der Waals surface area contributed by atoms with Gasteiger partial charge in [0.15, 0.2) is 5.76 Å². The van der Waals surface area contributed by atoms with Crippen LogP contribution in [0.5, 0.6) is 5.75 Å². The molecule has 0 radical (unpaired) electrons. The number of urea groups is 1. The van der Waals surface area contributed by atoms with E-state index in [0.717, 1.165) is 18.6 Å². The molecule has 0 saturated heterocycles. The maximum Gasteiger partial charge on any atom is 0.346 e. The molecule has 0 bridgehead atoms. The van der Waals surface area contributed by atoms with Crippen molar-refractivity contribution in [1.82, 2.24) is 25.0 Å². The number of carbonyl (C=O) groups is 1. The van der Waals surface area contributed by atoms with Gasteiger partial charge in [-0.05, 0) is 37.1 Å². The maximum atomic E-state index is 12.7. The molecule has 4 rings (SSSR count). The number of nitrogens with zero attached hydrogens (tertiary/aromatic N) is 3. The summed E-state index contributed by atoms with van der Waals surface area (Å²) in [5.74, 6) is 1.86. The van der Waals surface area contributed by atoms with Crippen LogP contribution in [0.25, 0.3) is 11.6 Å². The van der Waals surface area contributed by atoms with Gasteiger partial charge in [0.05, 0.1) is 19.4 Å². The summed E-state index contributed by atoms with van der Waals surface area (Å²) in [6.07, 6.45) is 3.49. The quantitative estimate of drug-likeness (QED) is 0.538. The lowest BCUT2D eigenvalue weighted by atomic mass is 10.3. The molecule has 1 aliphatic rings. The third-order valence-electron chi connectivity index (χ3n) is 4.53. The molecule has 2 amide bonds. The van der Waals surface area contributed by atoms with Crippen LogP contribution in [0.4, 0.5) is 4.79 Å². The minimum Gasteiger partial charge on any atom is -0.492 e. The van der Waals surface area contributed by atoms with Crippen LogP contribution >= 0.6 is 0 Å². The summed E-state index contributed by atoms with van der Waals surface area (Å²) in [6.45, 7) is 1.31. The Bertz CT molecular complexity index is 990. The van der Waals surface area contributed by atoms with Gasteiger partial charge in [-0.15, -0.1) is 5.10 Å². The van der Waals surface area contributed by atoms with Crippen molar-refractivity contribution in [3.8, 4) is 17.3 Å². The third-order valence-corrected chi connectivity index (χ3v) is 4.53. The van der Waals surface area contributed by atoms with Gasteiger partial charge >= 0.3 is 11.7 Å². The number of carbonyl (C=O) groups excluding carboxylic acids is 1. The van der Waals surface area contributed by atoms with E-state index in [0.29, 0.717) is 24.7 Å². The van der Waals surface area contributed by atoms with Crippen LogP contribution in [0.15, 0.2) is 57.9 Å². The molecule has 2 N–H and O–H groups in total. The van der Waals surface area contributed by atoms with Crippen LogP contribution in [0.3, 0.4) is 0 Å². The predicted octanol–water partition coefficient (Wildman–Crippen LogP) is 2.02. The van der Waals surface area contributed by atoms with E-state index in [1.165, 1.54) is 4.68 Å². The topological polar surface area (TPSA) is 103 Å². The summed E-state index contributed by atoms with van der Waals surface area (Å²) in [5, 5.41) is 9.85. The highest BCUT2D eigenvalue weighted by molar-refractivity contribution is 5.73. The molecule has 1 aliphatic carbocycles. The smallest absolute Gasteiger partial charge is 0.346 e. The Hall–Kier alpha value is -3.49. The Labute approximate surface area is 167 Å². The summed E-state index contributed by atoms with van der Waals surface area (Å²) >= 11 is 0. The molecule has 1 aromatic carbocycles. The van der Waals surface area contributed by atoms with Gasteiger partial charge in [-0.1, -0.05) is 18.2 Å². The molecule has 3 aromatic rings. The minimum absolute atomic E-state index is 0.178. The number of hydrogen-bond acceptors (Lipinski definition) is 5. The summed E-state index contributed by atoms with van der Waals surface area (Å²) in [6, 6.07) is 12.8. The van der Waals surface area contributed by atoms with Crippen molar-refractivity contribution in [2.75, 3.05) is 19.7 Å². The van der Waals surface area contributed by atoms with Gasteiger partial charge in [0, 0.05) is 12.6 Å². The van der Waals surface area contributed by atoms with Gasteiger partial charge < -0.3 is 19.8 Å². The fourth-order valence-electron chi connectivity index (χ4n) is 2.99. The van der Waals surface area contributed by atoms with Gasteiger partial charge in [-0.2, -0.15) is 0 Å². The first kappa shape index (κ1) is 18.9. The van der Waals surface area contributed by atoms with Crippen LogP contribution in [-0.4, -0.2) is 40.1 Å². The van der Waals surface area contributed by atoms with Gasteiger partial charge in [0.2, 0.25) is 5.82 Å². The second-order valence-corrected chi connectivity index (χ2v) is 6.75. The maximum absolute atomic E-state index is 12.7. The summed E-state index contributed by atoms with van der Waals surface area (Å²) < 4.78 is 14.0. The second-order valence-electron chi connectivity index (χ2n) is 6.75. The van der Waals surface area contributed by atoms with Crippen molar-refractivity contribution < 1.29 is 13.9 Å². The van der Waals surface area contributed by atoms with Crippen molar-refractivity contribution >= 4 is 6.03 Å². The average molecular weight is 397 g/mol. The zero-order valence-corrected chi connectivity index (χ0v) is 15.9. The molecule has 0 aliphatic heterocycles. The normalized spacial score (nSPS) is 13.2. The van der Waals surface area contributed by atoms with Crippen LogP contribution in [0.1, 0.15) is 18.9 Å². The number of hydrogen-bond donors (Lipinski definition) is 2. The van der Waals surface area contributed by atoms with Gasteiger partial charge in [0.25, 0.3) is 0 Å². The Balaban J connectivity index is 1.25. The number of para-hydroxylation sites is 1. The van der Waals surface area contributed by atoms with Crippen molar-refractivity contribution in [3.63, 3.8) is 0 Å². The first-order chi connectivity index (χ1) is 14.2. The Kier molecular flexibility index (Phi) is 5.64. The molecule has 0 atom stereocenters. The molecule has 0 unspecified atom stereocenters. The number of nitrogens with one attached hydrogen (secondary N) is 2. The van der Waals surface area contributed by atoms with E-state index in [2.05, 4.69) is 15.7 Å². The highest BCUT2D eigenvalue weighted by Crippen LogP contribution is 2.36. The molecule has 9 nitrogen and oxygen atoms in total. The van der Waals surface area contributed by atoms with Crippen molar-refractivity contribution in [3.05, 3.63) is 59.2 Å². The zero-order valence-electron chi connectivity index (χ0n) is 15.9. The van der Waals surface area contributed by atoms with Crippen LogP contribution in [0, 0.1) is 0 Å². The van der Waals surface area contributed by atoms with E-state index >= 15 is 0 Å². The minimum atomic E-state index is -0.317. The first-order valence-electron chi connectivity index (χ1n) is 9.65. The van der Waals surface area contributed by atoms with E-state index < -0.39 is 0 Å². The van der Waals surface area contributed by atoms with Crippen LogP contribution in [-0.2, 0) is 6.54 Å². The highest BCUT2D eigenvalue weighted by atomic mass is 16.5. The SMILES string of the molecule is O=C(NCCOc1ccccc1)NCCn1nc(-c2ccco2)n(C2CC2)c1=O. The summed E-state index contributed by atoms with van der Waals surface area (Å²) in [5.41, 5.74) is -0.183. The fourth-order valence-corrected chi connectivity index (χ4v) is 2.99. The number of benzene rings is 1. The van der Waals surface area contributed by atoms with Crippen molar-refractivity contribution in [2.45, 2.75) is 25.4 Å². The summed E-state index contributed by atoms with van der Waals surface area (Å²) in [4.78, 5) is 24.6. The van der Waals surface area contributed by atoms with Crippen LogP contribution < -0.4 is 21.1 Å². The predicted molar refractivity (Wildman–Crippen MR) is 106 cm³/mol. The van der Waals surface area contributed by atoms with E-state index in [-0.39, 0.29) is 30.9 Å².